The largest absolute Gasteiger partial charge is 0.501 e. The molecule has 17 heavy (non-hydrogen) atoms. The van der Waals surface area contributed by atoms with Gasteiger partial charge in [0.2, 0.25) is 0 Å². The summed E-state index contributed by atoms with van der Waals surface area (Å²) >= 11 is 0. The molecule has 0 aromatic heterocycles. The number of ether oxygens (including phenoxy) is 2. The molecule has 0 bridgehead atoms. The molecule has 4 nitrogen and oxygen atoms in total. The highest BCUT2D eigenvalue weighted by atomic mass is 16.5. The van der Waals surface area contributed by atoms with E-state index in [9.17, 15) is 9.59 Å². The molecule has 0 amide bonds. The molecule has 0 aromatic carbocycles. The maximum Gasteiger partial charge on any atom is 0.306 e. The second-order valence-electron chi connectivity index (χ2n) is 4.35. The first-order valence-corrected chi connectivity index (χ1v) is 6.03. The van der Waals surface area contributed by atoms with E-state index in [4.69, 9.17) is 9.47 Å². The lowest BCUT2D eigenvalue weighted by Gasteiger charge is -2.22. The van der Waals surface area contributed by atoms with E-state index in [2.05, 4.69) is 0 Å². The third kappa shape index (κ3) is 3.88. The number of ketones is 1. The third-order valence-electron chi connectivity index (χ3n) is 2.87. The van der Waals surface area contributed by atoms with E-state index < -0.39 is 0 Å². The minimum atomic E-state index is -0.262. The van der Waals surface area contributed by atoms with Crippen molar-refractivity contribution in [2.24, 2.45) is 5.92 Å². The van der Waals surface area contributed by atoms with Gasteiger partial charge in [-0.25, -0.2) is 0 Å². The van der Waals surface area contributed by atoms with E-state index >= 15 is 0 Å². The Hall–Kier alpha value is -1.32. The zero-order valence-electron chi connectivity index (χ0n) is 10.7. The molecule has 0 fully saturated rings. The van der Waals surface area contributed by atoms with Crippen molar-refractivity contribution in [2.75, 3.05) is 13.7 Å². The number of carbonyl (C=O) groups excluding carboxylic acids is 2. The fourth-order valence-corrected chi connectivity index (χ4v) is 2.05. The highest BCUT2D eigenvalue weighted by molar-refractivity contribution is 5.97. The summed E-state index contributed by atoms with van der Waals surface area (Å²) in [6.07, 6.45) is 2.00. The van der Waals surface area contributed by atoms with E-state index in [1.54, 1.807) is 14.0 Å². The summed E-state index contributed by atoms with van der Waals surface area (Å²) < 4.78 is 10.1. The molecular weight excluding hydrogens is 220 g/mol. The number of esters is 1. The summed E-state index contributed by atoms with van der Waals surface area (Å²) in [5.74, 6) is 0.897. The number of allylic oxidation sites excluding steroid dienone is 2. The monoisotopic (exact) mass is 240 g/mol. The van der Waals surface area contributed by atoms with Crippen LogP contribution in [-0.4, -0.2) is 25.5 Å². The zero-order valence-corrected chi connectivity index (χ0v) is 10.7. The second-order valence-corrected chi connectivity index (χ2v) is 4.35. The summed E-state index contributed by atoms with van der Waals surface area (Å²) in [5, 5.41) is 0. The maximum atomic E-state index is 11.9. The SMILES string of the molecule is CCOC(=O)CCC1=C(OC)CC(C)CC1=O. The molecule has 0 spiro atoms. The van der Waals surface area contributed by atoms with Gasteiger partial charge in [-0.2, -0.15) is 0 Å². The average molecular weight is 240 g/mol. The van der Waals surface area contributed by atoms with Crippen LogP contribution in [0.3, 0.4) is 0 Å². The predicted octanol–water partition coefficient (Wildman–Crippen LogP) is 2.23. The van der Waals surface area contributed by atoms with Crippen LogP contribution in [0.5, 0.6) is 0 Å². The van der Waals surface area contributed by atoms with Crippen molar-refractivity contribution in [3.63, 3.8) is 0 Å². The lowest BCUT2D eigenvalue weighted by atomic mass is 9.86. The number of hydrogen-bond acceptors (Lipinski definition) is 4. The first kappa shape index (κ1) is 13.7. The number of Topliss-reactive ketones (excluding diaryl/α,β-unsaturated/α-hetero) is 1. The number of hydrogen-bond donors (Lipinski definition) is 0. The van der Waals surface area contributed by atoms with Crippen molar-refractivity contribution in [3.05, 3.63) is 11.3 Å². The summed E-state index contributed by atoms with van der Waals surface area (Å²) in [7, 11) is 1.57. The van der Waals surface area contributed by atoms with Crippen molar-refractivity contribution in [3.8, 4) is 0 Å². The molecule has 0 saturated heterocycles. The summed E-state index contributed by atoms with van der Waals surface area (Å²) in [5.41, 5.74) is 0.665. The number of methoxy groups -OCH3 is 1. The Labute approximate surface area is 102 Å². The Morgan fingerprint density at radius 1 is 1.41 bits per heavy atom. The molecule has 1 aliphatic rings. The summed E-state index contributed by atoms with van der Waals surface area (Å²) in [6, 6.07) is 0. The highest BCUT2D eigenvalue weighted by Gasteiger charge is 2.26. The van der Waals surface area contributed by atoms with E-state index in [0.717, 1.165) is 12.2 Å². The standard InChI is InChI=1S/C13H20O4/c1-4-17-13(15)6-5-10-11(14)7-9(2)8-12(10)16-3/h9H,4-8H2,1-3H3. The second kappa shape index (κ2) is 6.42. The van der Waals surface area contributed by atoms with Crippen LogP contribution >= 0.6 is 0 Å². The van der Waals surface area contributed by atoms with Gasteiger partial charge >= 0.3 is 5.97 Å². The Balaban J connectivity index is 2.65. The van der Waals surface area contributed by atoms with Gasteiger partial charge in [0.25, 0.3) is 0 Å². The van der Waals surface area contributed by atoms with Gasteiger partial charge in [-0.1, -0.05) is 6.92 Å². The predicted molar refractivity (Wildman–Crippen MR) is 63.3 cm³/mol. The van der Waals surface area contributed by atoms with Crippen LogP contribution < -0.4 is 0 Å². The van der Waals surface area contributed by atoms with Gasteiger partial charge in [-0.3, -0.25) is 9.59 Å². The van der Waals surface area contributed by atoms with Crippen LogP contribution in [0.15, 0.2) is 11.3 Å². The van der Waals surface area contributed by atoms with Gasteiger partial charge in [0.15, 0.2) is 5.78 Å². The molecule has 0 N–H and O–H groups in total. The van der Waals surface area contributed by atoms with Crippen LogP contribution in [0, 0.1) is 5.92 Å². The van der Waals surface area contributed by atoms with Crippen LogP contribution in [0.25, 0.3) is 0 Å². The number of rotatable bonds is 5. The third-order valence-corrected chi connectivity index (χ3v) is 2.87. The van der Waals surface area contributed by atoms with Gasteiger partial charge in [0, 0.05) is 24.8 Å². The van der Waals surface area contributed by atoms with Crippen molar-refractivity contribution < 1.29 is 19.1 Å². The maximum absolute atomic E-state index is 11.9. The molecule has 0 aromatic rings. The Morgan fingerprint density at radius 3 is 2.71 bits per heavy atom. The van der Waals surface area contributed by atoms with Gasteiger partial charge in [0.05, 0.1) is 13.7 Å². The van der Waals surface area contributed by atoms with Crippen LogP contribution in [0.1, 0.15) is 39.5 Å². The number of carbonyl (C=O) groups is 2. The van der Waals surface area contributed by atoms with Gasteiger partial charge in [0.1, 0.15) is 5.76 Å². The lowest BCUT2D eigenvalue weighted by molar-refractivity contribution is -0.143. The summed E-state index contributed by atoms with van der Waals surface area (Å²) in [6.45, 7) is 4.17. The van der Waals surface area contributed by atoms with Crippen LogP contribution in [0.2, 0.25) is 0 Å². The lowest BCUT2D eigenvalue weighted by Crippen LogP contribution is -2.19. The minimum Gasteiger partial charge on any atom is -0.501 e. The van der Waals surface area contributed by atoms with Crippen molar-refractivity contribution in [1.29, 1.82) is 0 Å². The molecule has 0 heterocycles. The Bertz CT molecular complexity index is 330. The molecular formula is C13H20O4. The molecule has 1 aliphatic carbocycles. The van der Waals surface area contributed by atoms with E-state index in [1.165, 1.54) is 0 Å². The average Bonchev–Trinajstić information content (AvgIpc) is 2.27. The molecule has 1 unspecified atom stereocenters. The zero-order chi connectivity index (χ0) is 12.8. The normalized spacial score (nSPS) is 20.4. The van der Waals surface area contributed by atoms with Crippen molar-refractivity contribution >= 4 is 11.8 Å². The summed E-state index contributed by atoms with van der Waals surface area (Å²) in [4.78, 5) is 23.1. The van der Waals surface area contributed by atoms with Gasteiger partial charge in [-0.15, -0.1) is 0 Å². The molecule has 0 saturated carbocycles. The molecule has 4 heteroatoms. The smallest absolute Gasteiger partial charge is 0.306 e. The van der Waals surface area contributed by atoms with Crippen molar-refractivity contribution in [1.82, 2.24) is 0 Å². The Morgan fingerprint density at radius 2 is 2.12 bits per heavy atom. The minimum absolute atomic E-state index is 0.102. The van der Waals surface area contributed by atoms with Crippen molar-refractivity contribution in [2.45, 2.75) is 39.5 Å². The fourth-order valence-electron chi connectivity index (χ4n) is 2.05. The Kier molecular flexibility index (Phi) is 5.19. The van der Waals surface area contributed by atoms with Gasteiger partial charge < -0.3 is 9.47 Å². The fraction of sp³-hybridized carbons (Fsp3) is 0.692. The first-order valence-electron chi connectivity index (χ1n) is 6.03. The molecule has 0 aliphatic heterocycles. The molecule has 96 valence electrons. The molecule has 1 rings (SSSR count). The highest BCUT2D eigenvalue weighted by Crippen LogP contribution is 2.29. The van der Waals surface area contributed by atoms with E-state index in [1.807, 2.05) is 6.92 Å². The van der Waals surface area contributed by atoms with E-state index in [0.29, 0.717) is 30.9 Å². The van der Waals surface area contributed by atoms with Crippen LogP contribution in [0.4, 0.5) is 0 Å². The topological polar surface area (TPSA) is 52.6 Å². The van der Waals surface area contributed by atoms with Gasteiger partial charge in [-0.05, 0) is 19.3 Å². The molecule has 0 radical (unpaired) electrons. The van der Waals surface area contributed by atoms with Crippen LogP contribution in [-0.2, 0) is 19.1 Å². The van der Waals surface area contributed by atoms with E-state index in [-0.39, 0.29) is 18.2 Å². The first-order chi connectivity index (χ1) is 8.08. The molecule has 1 atom stereocenters. The quantitative estimate of drug-likeness (QED) is 0.691.